The van der Waals surface area contributed by atoms with E-state index in [1.165, 1.54) is 11.4 Å². The van der Waals surface area contributed by atoms with Crippen molar-refractivity contribution in [1.82, 2.24) is 9.29 Å². The minimum absolute atomic E-state index is 0. The molecule has 1 unspecified atom stereocenters. The molecule has 0 amide bonds. The number of hydrogen-bond acceptors (Lipinski definition) is 4. The molecule has 0 radical (unpaired) electrons. The van der Waals surface area contributed by atoms with Crippen molar-refractivity contribution in [1.29, 1.82) is 0 Å². The number of hydrogen-bond donors (Lipinski definition) is 1. The number of benzene rings is 1. The zero-order chi connectivity index (χ0) is 14.0. The second-order valence-electron chi connectivity index (χ2n) is 4.44. The lowest BCUT2D eigenvalue weighted by atomic mass is 10.2. The van der Waals surface area contributed by atoms with Crippen molar-refractivity contribution < 1.29 is 8.42 Å². The second-order valence-corrected chi connectivity index (χ2v) is 6.40. The zero-order valence-corrected chi connectivity index (χ0v) is 13.0. The molecule has 7 heteroatoms. The molecule has 2 aromatic rings. The van der Waals surface area contributed by atoms with Gasteiger partial charge in [0.1, 0.15) is 4.90 Å². The van der Waals surface area contributed by atoms with Gasteiger partial charge in [0.2, 0.25) is 10.0 Å². The molecule has 0 aliphatic carbocycles. The van der Waals surface area contributed by atoms with Gasteiger partial charge in [-0.1, -0.05) is 18.2 Å². The Kier molecular flexibility index (Phi) is 5.47. The Morgan fingerprint density at radius 3 is 2.60 bits per heavy atom. The molecule has 20 heavy (non-hydrogen) atoms. The molecule has 1 atom stereocenters. The molecule has 1 heterocycles. The number of sulfonamides is 1. The van der Waals surface area contributed by atoms with Gasteiger partial charge in [-0.05, 0) is 19.1 Å². The first kappa shape index (κ1) is 16.8. The Bertz CT molecular complexity index is 686. The number of para-hydroxylation sites is 1. The summed E-state index contributed by atoms with van der Waals surface area (Å²) in [5, 5.41) is 0.803. The van der Waals surface area contributed by atoms with Crippen LogP contribution in [0.2, 0.25) is 0 Å². The average Bonchev–Trinajstić information content (AvgIpc) is 2.44. The van der Waals surface area contributed by atoms with Crippen LogP contribution in [0.4, 0.5) is 0 Å². The summed E-state index contributed by atoms with van der Waals surface area (Å²) >= 11 is 0. The van der Waals surface area contributed by atoms with E-state index >= 15 is 0 Å². The quantitative estimate of drug-likeness (QED) is 0.930. The monoisotopic (exact) mass is 315 g/mol. The lowest BCUT2D eigenvalue weighted by molar-refractivity contribution is 0.395. The van der Waals surface area contributed by atoms with Crippen molar-refractivity contribution in [3.05, 3.63) is 36.5 Å². The van der Waals surface area contributed by atoms with Gasteiger partial charge in [0.15, 0.2) is 0 Å². The maximum absolute atomic E-state index is 12.6. The van der Waals surface area contributed by atoms with Crippen LogP contribution in [-0.4, -0.2) is 37.3 Å². The van der Waals surface area contributed by atoms with Gasteiger partial charge in [-0.3, -0.25) is 4.98 Å². The summed E-state index contributed by atoms with van der Waals surface area (Å²) in [4.78, 5) is 4.39. The minimum Gasteiger partial charge on any atom is -0.329 e. The van der Waals surface area contributed by atoms with E-state index in [0.717, 1.165) is 5.39 Å². The molecule has 110 valence electrons. The molecule has 1 aromatic heterocycles. The molecule has 5 nitrogen and oxygen atoms in total. The summed E-state index contributed by atoms with van der Waals surface area (Å²) in [5.41, 5.74) is 6.03. The van der Waals surface area contributed by atoms with Gasteiger partial charge in [-0.2, -0.15) is 4.31 Å². The number of pyridine rings is 1. The summed E-state index contributed by atoms with van der Waals surface area (Å²) in [5.74, 6) is 0. The minimum atomic E-state index is -3.59. The van der Waals surface area contributed by atoms with Crippen molar-refractivity contribution in [2.45, 2.75) is 17.9 Å². The molecule has 2 rings (SSSR count). The lowest BCUT2D eigenvalue weighted by Crippen LogP contribution is -2.39. The predicted molar refractivity (Wildman–Crippen MR) is 82.5 cm³/mol. The van der Waals surface area contributed by atoms with Gasteiger partial charge in [-0.15, -0.1) is 12.4 Å². The Morgan fingerprint density at radius 1 is 1.30 bits per heavy atom. The van der Waals surface area contributed by atoms with Crippen LogP contribution in [0.1, 0.15) is 6.92 Å². The van der Waals surface area contributed by atoms with E-state index in [2.05, 4.69) is 4.98 Å². The topological polar surface area (TPSA) is 76.3 Å². The van der Waals surface area contributed by atoms with Crippen molar-refractivity contribution in [2.75, 3.05) is 13.6 Å². The van der Waals surface area contributed by atoms with E-state index < -0.39 is 10.0 Å². The fourth-order valence-corrected chi connectivity index (χ4v) is 3.36. The molecule has 0 spiro atoms. The van der Waals surface area contributed by atoms with Gasteiger partial charge in [0.25, 0.3) is 0 Å². The van der Waals surface area contributed by atoms with Gasteiger partial charge in [0, 0.05) is 31.2 Å². The third-order valence-corrected chi connectivity index (χ3v) is 5.22. The Hall–Kier alpha value is -1.21. The summed E-state index contributed by atoms with van der Waals surface area (Å²) < 4.78 is 26.4. The summed E-state index contributed by atoms with van der Waals surface area (Å²) in [7, 11) is -2.05. The number of likely N-dealkylation sites (N-methyl/N-ethyl adjacent to an activating group) is 1. The second kappa shape index (κ2) is 6.49. The van der Waals surface area contributed by atoms with E-state index in [1.807, 2.05) is 12.1 Å². The van der Waals surface area contributed by atoms with Crippen LogP contribution in [0, 0.1) is 0 Å². The first-order chi connectivity index (χ1) is 8.98. The number of nitrogens with two attached hydrogens (primary N) is 1. The zero-order valence-electron chi connectivity index (χ0n) is 11.4. The van der Waals surface area contributed by atoms with Crippen molar-refractivity contribution >= 4 is 33.3 Å². The Balaban J connectivity index is 0.00000200. The van der Waals surface area contributed by atoms with Crippen LogP contribution in [-0.2, 0) is 10.0 Å². The number of rotatable bonds is 4. The first-order valence-electron chi connectivity index (χ1n) is 6.00. The molecule has 0 fully saturated rings. The van der Waals surface area contributed by atoms with E-state index in [0.29, 0.717) is 5.52 Å². The summed E-state index contributed by atoms with van der Waals surface area (Å²) in [6, 6.07) is 8.50. The van der Waals surface area contributed by atoms with Gasteiger partial charge in [0.05, 0.1) is 5.52 Å². The maximum Gasteiger partial charge on any atom is 0.245 e. The third-order valence-electron chi connectivity index (χ3n) is 3.21. The van der Waals surface area contributed by atoms with Crippen LogP contribution in [0.25, 0.3) is 10.9 Å². The third kappa shape index (κ3) is 2.93. The molecule has 0 saturated heterocycles. The highest BCUT2D eigenvalue weighted by Crippen LogP contribution is 2.24. The number of halogens is 1. The molecule has 0 saturated carbocycles. The molecule has 0 aliphatic heterocycles. The SMILES string of the molecule is CC(CN)N(C)S(=O)(=O)c1cccc2cccnc12.Cl. The van der Waals surface area contributed by atoms with Crippen molar-refractivity contribution in [3.63, 3.8) is 0 Å². The highest BCUT2D eigenvalue weighted by Gasteiger charge is 2.26. The summed E-state index contributed by atoms with van der Waals surface area (Å²) in [6.45, 7) is 2.05. The Labute approximate surface area is 125 Å². The van der Waals surface area contributed by atoms with Crippen LogP contribution < -0.4 is 5.73 Å². The number of nitrogens with zero attached hydrogens (tertiary/aromatic N) is 2. The van der Waals surface area contributed by atoms with Crippen LogP contribution in [0.3, 0.4) is 0 Å². The van der Waals surface area contributed by atoms with Crippen LogP contribution in [0.5, 0.6) is 0 Å². The van der Waals surface area contributed by atoms with E-state index in [4.69, 9.17) is 5.73 Å². The normalized spacial score (nSPS) is 13.2. The molecular formula is C13H18ClN3O2S. The average molecular weight is 316 g/mol. The van der Waals surface area contributed by atoms with Crippen molar-refractivity contribution in [2.24, 2.45) is 5.73 Å². The van der Waals surface area contributed by atoms with Gasteiger partial charge >= 0.3 is 0 Å². The highest BCUT2D eigenvalue weighted by atomic mass is 35.5. The van der Waals surface area contributed by atoms with Gasteiger partial charge in [-0.25, -0.2) is 8.42 Å². The van der Waals surface area contributed by atoms with Gasteiger partial charge < -0.3 is 5.73 Å². The molecular weight excluding hydrogens is 298 g/mol. The standard InChI is InChI=1S/C13H17N3O2S.ClH/c1-10(9-14)16(2)19(17,18)12-7-3-5-11-6-4-8-15-13(11)12;/h3-8,10H,9,14H2,1-2H3;1H. The maximum atomic E-state index is 12.6. The first-order valence-corrected chi connectivity index (χ1v) is 7.44. The van der Waals surface area contributed by atoms with Crippen molar-refractivity contribution in [3.8, 4) is 0 Å². The molecule has 0 aliphatic rings. The smallest absolute Gasteiger partial charge is 0.245 e. The van der Waals surface area contributed by atoms with E-state index in [1.54, 1.807) is 31.3 Å². The fourth-order valence-electron chi connectivity index (χ4n) is 1.82. The molecule has 2 N–H and O–H groups in total. The van der Waals surface area contributed by atoms with E-state index in [-0.39, 0.29) is 29.9 Å². The molecule has 1 aromatic carbocycles. The fraction of sp³-hybridized carbons (Fsp3) is 0.308. The lowest BCUT2D eigenvalue weighted by Gasteiger charge is -2.23. The van der Waals surface area contributed by atoms with Crippen LogP contribution >= 0.6 is 12.4 Å². The predicted octanol–water partition coefficient (Wildman–Crippen LogP) is 1.62. The Morgan fingerprint density at radius 2 is 1.95 bits per heavy atom. The highest BCUT2D eigenvalue weighted by molar-refractivity contribution is 7.89. The number of aromatic nitrogens is 1. The molecule has 0 bridgehead atoms. The largest absolute Gasteiger partial charge is 0.329 e. The van der Waals surface area contributed by atoms with Crippen LogP contribution in [0.15, 0.2) is 41.4 Å². The summed E-state index contributed by atoms with van der Waals surface area (Å²) in [6.07, 6.45) is 1.59. The number of fused-ring (bicyclic) bond motifs is 1. The van der Waals surface area contributed by atoms with E-state index in [9.17, 15) is 8.42 Å².